The van der Waals surface area contributed by atoms with E-state index in [1.165, 1.54) is 31.7 Å². The van der Waals surface area contributed by atoms with Gasteiger partial charge < -0.3 is 5.32 Å². The summed E-state index contributed by atoms with van der Waals surface area (Å²) in [6.45, 7) is 1.71. The Morgan fingerprint density at radius 1 is 1.33 bits per heavy atom. The molecular formula is C13H17BrN2O2. The summed E-state index contributed by atoms with van der Waals surface area (Å²) >= 11 is 3.31. The van der Waals surface area contributed by atoms with Gasteiger partial charge in [0.2, 0.25) is 0 Å². The van der Waals surface area contributed by atoms with Crippen molar-refractivity contribution in [1.29, 1.82) is 0 Å². The number of benzene rings is 1. The Hall–Kier alpha value is -0.940. The smallest absolute Gasteiger partial charge is 0.270 e. The molecule has 0 aliphatic heterocycles. The minimum atomic E-state index is -0.356. The normalized spacial score (nSPS) is 16.1. The van der Waals surface area contributed by atoms with Crippen LogP contribution in [0.25, 0.3) is 0 Å². The second-order valence-electron chi connectivity index (χ2n) is 4.86. The van der Waals surface area contributed by atoms with E-state index in [0.29, 0.717) is 6.54 Å². The van der Waals surface area contributed by atoms with Crippen LogP contribution in [0.4, 0.5) is 5.69 Å². The van der Waals surface area contributed by atoms with Gasteiger partial charge >= 0.3 is 0 Å². The molecule has 0 unspecified atom stereocenters. The zero-order valence-electron chi connectivity index (χ0n) is 10.2. The number of nitrogens with zero attached hydrogens (tertiary/aromatic N) is 1. The predicted octanol–water partition coefficient (Wildman–Crippen LogP) is 3.64. The van der Waals surface area contributed by atoms with Gasteiger partial charge in [-0.15, -0.1) is 0 Å². The first kappa shape index (κ1) is 13.5. The highest BCUT2D eigenvalue weighted by Crippen LogP contribution is 2.24. The van der Waals surface area contributed by atoms with Crippen molar-refractivity contribution in [1.82, 2.24) is 5.32 Å². The van der Waals surface area contributed by atoms with Gasteiger partial charge in [0.15, 0.2) is 0 Å². The molecule has 98 valence electrons. The standard InChI is InChI=1S/C13H17BrN2O2/c14-12-5-11(6-13(7-12)16(17)18)9-15-8-10-3-1-2-4-10/h5-7,10,15H,1-4,8-9H2. The monoisotopic (exact) mass is 312 g/mol. The molecule has 18 heavy (non-hydrogen) atoms. The van der Waals surface area contributed by atoms with Gasteiger partial charge in [0.25, 0.3) is 5.69 Å². The summed E-state index contributed by atoms with van der Waals surface area (Å²) in [4.78, 5) is 10.4. The average Bonchev–Trinajstić information content (AvgIpc) is 2.81. The first-order chi connectivity index (χ1) is 8.65. The minimum absolute atomic E-state index is 0.141. The maximum Gasteiger partial charge on any atom is 0.270 e. The number of nitrogens with one attached hydrogen (secondary N) is 1. The fourth-order valence-electron chi connectivity index (χ4n) is 2.48. The Morgan fingerprint density at radius 3 is 2.72 bits per heavy atom. The van der Waals surface area contributed by atoms with Crippen molar-refractivity contribution in [2.75, 3.05) is 6.54 Å². The van der Waals surface area contributed by atoms with Crippen molar-refractivity contribution in [3.05, 3.63) is 38.3 Å². The van der Waals surface area contributed by atoms with Gasteiger partial charge in [0.05, 0.1) is 4.92 Å². The summed E-state index contributed by atoms with van der Waals surface area (Å²) in [5.74, 6) is 0.784. The summed E-state index contributed by atoms with van der Waals surface area (Å²) in [5.41, 5.74) is 1.09. The third kappa shape index (κ3) is 3.78. The molecule has 2 rings (SSSR count). The van der Waals surface area contributed by atoms with Crippen LogP contribution in [0, 0.1) is 16.0 Å². The van der Waals surface area contributed by atoms with Crippen LogP contribution in [-0.2, 0) is 6.54 Å². The molecule has 0 atom stereocenters. The van der Waals surface area contributed by atoms with Crippen LogP contribution in [0.15, 0.2) is 22.7 Å². The van der Waals surface area contributed by atoms with Crippen LogP contribution in [0.5, 0.6) is 0 Å². The molecule has 0 aromatic heterocycles. The van der Waals surface area contributed by atoms with Crippen molar-refractivity contribution in [3.8, 4) is 0 Å². The number of hydrogen-bond donors (Lipinski definition) is 1. The molecule has 0 bridgehead atoms. The van der Waals surface area contributed by atoms with Crippen molar-refractivity contribution in [3.63, 3.8) is 0 Å². The highest BCUT2D eigenvalue weighted by Gasteiger charge is 2.14. The molecule has 1 aromatic carbocycles. The highest BCUT2D eigenvalue weighted by atomic mass is 79.9. The van der Waals surface area contributed by atoms with Crippen molar-refractivity contribution >= 4 is 21.6 Å². The third-order valence-electron chi connectivity index (χ3n) is 3.39. The number of non-ortho nitro benzene ring substituents is 1. The first-order valence-corrected chi connectivity index (χ1v) is 7.09. The average molecular weight is 313 g/mol. The molecule has 1 aromatic rings. The van der Waals surface area contributed by atoms with Gasteiger partial charge in [-0.05, 0) is 36.9 Å². The van der Waals surface area contributed by atoms with Gasteiger partial charge in [-0.3, -0.25) is 10.1 Å². The van der Waals surface area contributed by atoms with Gasteiger partial charge in [0, 0.05) is 23.2 Å². The number of halogens is 1. The second kappa shape index (κ2) is 6.29. The third-order valence-corrected chi connectivity index (χ3v) is 3.85. The van der Waals surface area contributed by atoms with Crippen LogP contribution in [0.3, 0.4) is 0 Å². The van der Waals surface area contributed by atoms with E-state index in [-0.39, 0.29) is 10.6 Å². The van der Waals surface area contributed by atoms with Crippen LogP contribution in [0.2, 0.25) is 0 Å². The zero-order chi connectivity index (χ0) is 13.0. The maximum absolute atomic E-state index is 10.8. The van der Waals surface area contributed by atoms with Crippen molar-refractivity contribution < 1.29 is 4.92 Å². The number of nitro groups is 1. The maximum atomic E-state index is 10.8. The Kier molecular flexibility index (Phi) is 4.72. The quantitative estimate of drug-likeness (QED) is 0.667. The molecule has 1 saturated carbocycles. The lowest BCUT2D eigenvalue weighted by Gasteiger charge is -2.10. The van der Waals surface area contributed by atoms with Crippen molar-refractivity contribution in [2.24, 2.45) is 5.92 Å². The van der Waals surface area contributed by atoms with Gasteiger partial charge in [0.1, 0.15) is 0 Å². The van der Waals surface area contributed by atoms with Crippen LogP contribution in [-0.4, -0.2) is 11.5 Å². The van der Waals surface area contributed by atoms with Gasteiger partial charge in [-0.1, -0.05) is 28.8 Å². The van der Waals surface area contributed by atoms with E-state index >= 15 is 0 Å². The second-order valence-corrected chi connectivity index (χ2v) is 5.77. The lowest BCUT2D eigenvalue weighted by Crippen LogP contribution is -2.20. The Balaban J connectivity index is 1.89. The zero-order valence-corrected chi connectivity index (χ0v) is 11.8. The lowest BCUT2D eigenvalue weighted by molar-refractivity contribution is -0.385. The molecule has 5 heteroatoms. The molecule has 0 amide bonds. The molecule has 4 nitrogen and oxygen atoms in total. The molecule has 0 radical (unpaired) electrons. The summed E-state index contributed by atoms with van der Waals surface area (Å²) < 4.78 is 0.759. The Labute approximate surface area is 115 Å². The lowest BCUT2D eigenvalue weighted by atomic mass is 10.1. The van der Waals surface area contributed by atoms with Gasteiger partial charge in [-0.2, -0.15) is 0 Å². The fourth-order valence-corrected chi connectivity index (χ4v) is 3.00. The fraction of sp³-hybridized carbons (Fsp3) is 0.538. The van der Waals surface area contributed by atoms with E-state index in [2.05, 4.69) is 21.2 Å². The van der Waals surface area contributed by atoms with Crippen molar-refractivity contribution in [2.45, 2.75) is 32.2 Å². The molecule has 0 heterocycles. The number of rotatable bonds is 5. The van der Waals surface area contributed by atoms with E-state index < -0.39 is 0 Å². The van der Waals surface area contributed by atoms with E-state index in [4.69, 9.17) is 0 Å². The predicted molar refractivity (Wildman–Crippen MR) is 74.5 cm³/mol. The molecule has 0 saturated heterocycles. The Bertz CT molecular complexity index is 431. The summed E-state index contributed by atoms with van der Waals surface area (Å²) in [5, 5.41) is 14.1. The largest absolute Gasteiger partial charge is 0.312 e. The Morgan fingerprint density at radius 2 is 2.06 bits per heavy atom. The number of hydrogen-bond acceptors (Lipinski definition) is 3. The van der Waals surface area contributed by atoms with Crippen LogP contribution in [0.1, 0.15) is 31.2 Å². The SMILES string of the molecule is O=[N+]([O-])c1cc(Br)cc(CNCC2CCCC2)c1. The summed E-state index contributed by atoms with van der Waals surface area (Å²) in [7, 11) is 0. The summed E-state index contributed by atoms with van der Waals surface area (Å²) in [6.07, 6.45) is 5.31. The first-order valence-electron chi connectivity index (χ1n) is 6.30. The van der Waals surface area contributed by atoms with E-state index in [9.17, 15) is 10.1 Å². The van der Waals surface area contributed by atoms with Gasteiger partial charge in [-0.25, -0.2) is 0 Å². The number of nitro benzene ring substituents is 1. The highest BCUT2D eigenvalue weighted by molar-refractivity contribution is 9.10. The molecule has 1 fully saturated rings. The minimum Gasteiger partial charge on any atom is -0.312 e. The van der Waals surface area contributed by atoms with E-state index in [1.807, 2.05) is 6.07 Å². The van der Waals surface area contributed by atoms with Crippen LogP contribution >= 0.6 is 15.9 Å². The molecule has 0 spiro atoms. The van der Waals surface area contributed by atoms with Crippen LogP contribution < -0.4 is 5.32 Å². The topological polar surface area (TPSA) is 55.2 Å². The van der Waals surface area contributed by atoms with E-state index in [1.54, 1.807) is 6.07 Å². The molecule has 1 N–H and O–H groups in total. The molecule has 1 aliphatic rings. The molecular weight excluding hydrogens is 296 g/mol. The van der Waals surface area contributed by atoms with E-state index in [0.717, 1.165) is 22.5 Å². The summed E-state index contributed by atoms with van der Waals surface area (Å²) in [6, 6.07) is 5.08. The molecule has 1 aliphatic carbocycles.